The molecule has 6 heteroatoms. The third kappa shape index (κ3) is 3.74. The molecule has 0 aliphatic carbocycles. The molecule has 52 valence electrons. The quantitative estimate of drug-likeness (QED) is 0.341. The maximum Gasteiger partial charge on any atom is 0.366 e. The third-order valence-corrected chi connectivity index (χ3v) is 0.563. The van der Waals surface area contributed by atoms with Gasteiger partial charge in [-0.15, -0.1) is 0 Å². The molecule has 4 N–H and O–H groups in total. The van der Waals surface area contributed by atoms with E-state index in [9.17, 15) is 4.79 Å². The summed E-state index contributed by atoms with van der Waals surface area (Å²) in [6, 6.07) is 0. The molecule has 0 unspecified atom stereocenters. The second-order valence-corrected chi connectivity index (χ2v) is 1.28. The zero-order valence-corrected chi connectivity index (χ0v) is 8.00. The minimum absolute atomic E-state index is 0. The van der Waals surface area contributed by atoms with Gasteiger partial charge in [0.2, 0.25) is 0 Å². The fourth-order valence-corrected chi connectivity index (χ4v) is 0.0676. The largest absolute Gasteiger partial charge is 0.477 e. The average molecular weight is 301 g/mol. The number of hydrogen-bond acceptors (Lipinski definition) is 4. The van der Waals surface area contributed by atoms with E-state index < -0.39 is 18.4 Å². The number of aliphatic carboxylic acids is 1. The Morgan fingerprint density at radius 2 is 1.78 bits per heavy atom. The van der Waals surface area contributed by atoms with Crippen LogP contribution in [0.2, 0.25) is 0 Å². The van der Waals surface area contributed by atoms with Crippen LogP contribution in [0.1, 0.15) is 0 Å². The molecule has 0 saturated carbocycles. The third-order valence-electron chi connectivity index (χ3n) is 0.563. The van der Waals surface area contributed by atoms with Crippen molar-refractivity contribution in [2.45, 2.75) is 5.79 Å². The van der Waals surface area contributed by atoms with Crippen molar-refractivity contribution in [1.29, 1.82) is 0 Å². The molecule has 0 fully saturated rings. The molecule has 0 bridgehead atoms. The summed E-state index contributed by atoms with van der Waals surface area (Å²) < 4.78 is 0. The van der Waals surface area contributed by atoms with Crippen molar-refractivity contribution in [2.75, 3.05) is 6.61 Å². The standard InChI is InChI=1S/C3H6O5.Hf/c4-1-3(7,8)2(5)6;/h4,7-8H,1H2,(H,5,6);. The smallest absolute Gasteiger partial charge is 0.366 e. The van der Waals surface area contributed by atoms with Gasteiger partial charge in [-0.3, -0.25) is 0 Å². The van der Waals surface area contributed by atoms with Crippen molar-refractivity contribution in [2.24, 2.45) is 0 Å². The molecule has 0 aliphatic heterocycles. The summed E-state index contributed by atoms with van der Waals surface area (Å²) >= 11 is 0. The van der Waals surface area contributed by atoms with Gasteiger partial charge in [0, 0.05) is 25.8 Å². The molecule has 0 saturated heterocycles. The Labute approximate surface area is 69.7 Å². The van der Waals surface area contributed by atoms with E-state index in [4.69, 9.17) is 20.4 Å². The molecule has 0 amide bonds. The van der Waals surface area contributed by atoms with Crippen LogP contribution in [0.4, 0.5) is 0 Å². The molecule has 0 spiro atoms. The normalized spacial score (nSPS) is 10.1. The van der Waals surface area contributed by atoms with Crippen molar-refractivity contribution in [3.05, 3.63) is 0 Å². The summed E-state index contributed by atoms with van der Waals surface area (Å²) in [4.78, 5) is 9.59. The summed E-state index contributed by atoms with van der Waals surface area (Å²) in [6.07, 6.45) is 0. The van der Waals surface area contributed by atoms with Gasteiger partial charge < -0.3 is 20.4 Å². The molecule has 0 aromatic rings. The van der Waals surface area contributed by atoms with Gasteiger partial charge in [0.05, 0.1) is 0 Å². The molecule has 5 nitrogen and oxygen atoms in total. The van der Waals surface area contributed by atoms with Gasteiger partial charge in [0.25, 0.3) is 5.79 Å². The van der Waals surface area contributed by atoms with Crippen molar-refractivity contribution < 1.29 is 51.1 Å². The van der Waals surface area contributed by atoms with Crippen LogP contribution in [-0.4, -0.2) is 38.8 Å². The van der Waals surface area contributed by atoms with Crippen LogP contribution < -0.4 is 0 Å². The van der Waals surface area contributed by atoms with Gasteiger partial charge in [-0.05, 0) is 0 Å². The first kappa shape index (κ1) is 12.0. The number of hydrogen-bond donors (Lipinski definition) is 4. The van der Waals surface area contributed by atoms with Gasteiger partial charge in [0.1, 0.15) is 6.61 Å². The first-order valence-electron chi connectivity index (χ1n) is 1.79. The molecule has 0 heterocycles. The minimum atomic E-state index is -2.99. The molecule has 0 radical (unpaired) electrons. The van der Waals surface area contributed by atoms with Gasteiger partial charge in [-0.25, -0.2) is 4.79 Å². The summed E-state index contributed by atoms with van der Waals surface area (Å²) in [7, 11) is 0. The SMILES string of the molecule is O=C(O)C(O)(O)CO.[Hf]. The van der Waals surface area contributed by atoms with Crippen molar-refractivity contribution in [3.8, 4) is 0 Å². The number of carboxylic acid groups (broad SMARTS) is 1. The predicted molar refractivity (Wildman–Crippen MR) is 21.9 cm³/mol. The topological polar surface area (TPSA) is 98.0 Å². The predicted octanol–water partition coefficient (Wildman–Crippen LogP) is -2.26. The number of carboxylic acids is 1. The summed E-state index contributed by atoms with van der Waals surface area (Å²) in [5, 5.41) is 31.9. The minimum Gasteiger partial charge on any atom is -0.477 e. The van der Waals surface area contributed by atoms with E-state index in [1.165, 1.54) is 0 Å². The Hall–Kier alpha value is 0.220. The molecular weight excluding hydrogens is 295 g/mol. The van der Waals surface area contributed by atoms with E-state index in [2.05, 4.69) is 0 Å². The van der Waals surface area contributed by atoms with E-state index in [1.807, 2.05) is 0 Å². The first-order valence-corrected chi connectivity index (χ1v) is 1.79. The van der Waals surface area contributed by atoms with Crippen LogP contribution in [-0.2, 0) is 30.6 Å². The van der Waals surface area contributed by atoms with E-state index >= 15 is 0 Å². The van der Waals surface area contributed by atoms with Crippen LogP contribution in [0.25, 0.3) is 0 Å². The molecule has 0 rings (SSSR count). The Morgan fingerprint density at radius 3 is 1.78 bits per heavy atom. The van der Waals surface area contributed by atoms with Crippen LogP contribution in [0, 0.1) is 0 Å². The monoisotopic (exact) mass is 302 g/mol. The van der Waals surface area contributed by atoms with Crippen LogP contribution in [0.15, 0.2) is 0 Å². The van der Waals surface area contributed by atoms with Gasteiger partial charge in [0.15, 0.2) is 0 Å². The Morgan fingerprint density at radius 1 is 1.44 bits per heavy atom. The Balaban J connectivity index is 0. The van der Waals surface area contributed by atoms with Gasteiger partial charge in [-0.1, -0.05) is 0 Å². The number of aliphatic hydroxyl groups excluding tert-OH is 1. The molecule has 0 aromatic carbocycles. The zero-order valence-electron chi connectivity index (χ0n) is 4.40. The fraction of sp³-hybridized carbons (Fsp3) is 0.667. The van der Waals surface area contributed by atoms with E-state index in [0.29, 0.717) is 0 Å². The van der Waals surface area contributed by atoms with E-state index in [0.717, 1.165) is 0 Å². The van der Waals surface area contributed by atoms with E-state index in [1.54, 1.807) is 0 Å². The molecule has 9 heavy (non-hydrogen) atoms. The maximum absolute atomic E-state index is 9.59. The second-order valence-electron chi connectivity index (χ2n) is 1.28. The first-order chi connectivity index (χ1) is 3.50. The Bertz CT molecular complexity index is 100. The van der Waals surface area contributed by atoms with Crippen molar-refractivity contribution in [3.63, 3.8) is 0 Å². The van der Waals surface area contributed by atoms with Gasteiger partial charge in [-0.2, -0.15) is 0 Å². The summed E-state index contributed by atoms with van der Waals surface area (Å²) in [5.74, 6) is -4.85. The van der Waals surface area contributed by atoms with Crippen LogP contribution >= 0.6 is 0 Å². The fourth-order valence-electron chi connectivity index (χ4n) is 0.0676. The Kier molecular flexibility index (Phi) is 5.45. The summed E-state index contributed by atoms with van der Waals surface area (Å²) in [5.41, 5.74) is 0. The van der Waals surface area contributed by atoms with Crippen LogP contribution in [0.5, 0.6) is 0 Å². The second kappa shape index (κ2) is 4.10. The van der Waals surface area contributed by atoms with Crippen molar-refractivity contribution >= 4 is 5.97 Å². The number of aliphatic hydroxyl groups is 3. The molecule has 0 atom stereocenters. The van der Waals surface area contributed by atoms with Crippen molar-refractivity contribution in [1.82, 2.24) is 0 Å². The molecule has 0 aromatic heterocycles. The zero-order chi connectivity index (χ0) is 6.78. The average Bonchev–Trinajstić information content (AvgIpc) is 1.67. The molecule has 0 aliphatic rings. The van der Waals surface area contributed by atoms with E-state index in [-0.39, 0.29) is 25.8 Å². The maximum atomic E-state index is 9.59. The number of rotatable bonds is 2. The molecular formula is C3H6HfO5. The van der Waals surface area contributed by atoms with Gasteiger partial charge >= 0.3 is 5.97 Å². The summed E-state index contributed by atoms with van der Waals surface area (Å²) in [6.45, 7) is -1.21. The number of carbonyl (C=O) groups is 1. The van der Waals surface area contributed by atoms with Crippen LogP contribution in [0.3, 0.4) is 0 Å².